The van der Waals surface area contributed by atoms with E-state index >= 15 is 0 Å². The average molecular weight is 395 g/mol. The van der Waals surface area contributed by atoms with Crippen LogP contribution in [0.3, 0.4) is 0 Å². The third-order valence-corrected chi connectivity index (χ3v) is 4.69. The Morgan fingerprint density at radius 2 is 1.93 bits per heavy atom. The molecule has 0 saturated heterocycles. The summed E-state index contributed by atoms with van der Waals surface area (Å²) in [5.41, 5.74) is 2.78. The van der Waals surface area contributed by atoms with E-state index in [2.05, 4.69) is 10.4 Å². The number of aryl methyl sites for hydroxylation is 1. The fourth-order valence-corrected chi connectivity index (χ4v) is 3.15. The van der Waals surface area contributed by atoms with E-state index in [-0.39, 0.29) is 12.7 Å². The molecule has 4 rings (SSSR count). The largest absolute Gasteiger partial charge is 0.497 e. The maximum absolute atomic E-state index is 12.7. The lowest BCUT2D eigenvalue weighted by molar-refractivity contribution is 0.0941. The van der Waals surface area contributed by atoms with Gasteiger partial charge in [0.1, 0.15) is 17.2 Å². The topological polar surface area (TPSA) is 83.8 Å². The minimum absolute atomic E-state index is 0.220. The maximum Gasteiger partial charge on any atom is 0.269 e. The molecule has 2 aromatic carbocycles. The van der Waals surface area contributed by atoms with Crippen molar-refractivity contribution in [1.82, 2.24) is 15.1 Å². The smallest absolute Gasteiger partial charge is 0.269 e. The van der Waals surface area contributed by atoms with Crippen molar-refractivity contribution in [2.75, 3.05) is 21.0 Å². The van der Waals surface area contributed by atoms with Gasteiger partial charge in [0.25, 0.3) is 5.91 Å². The first-order valence-electron chi connectivity index (χ1n) is 9.02. The summed E-state index contributed by atoms with van der Waals surface area (Å²) in [7, 11) is 4.91. The van der Waals surface area contributed by atoms with Crippen molar-refractivity contribution in [1.29, 1.82) is 0 Å². The number of fused-ring (bicyclic) bond motifs is 1. The maximum atomic E-state index is 12.7. The van der Waals surface area contributed by atoms with Gasteiger partial charge >= 0.3 is 0 Å². The molecular formula is C21H21N3O5. The van der Waals surface area contributed by atoms with E-state index in [9.17, 15) is 4.79 Å². The van der Waals surface area contributed by atoms with Crippen LogP contribution in [-0.2, 0) is 13.6 Å². The third-order valence-electron chi connectivity index (χ3n) is 4.69. The molecule has 0 saturated carbocycles. The molecule has 150 valence electrons. The van der Waals surface area contributed by atoms with Gasteiger partial charge in [-0.25, -0.2) is 0 Å². The van der Waals surface area contributed by atoms with E-state index in [1.807, 2.05) is 30.3 Å². The molecule has 8 nitrogen and oxygen atoms in total. The van der Waals surface area contributed by atoms with Crippen molar-refractivity contribution < 1.29 is 23.7 Å². The zero-order valence-electron chi connectivity index (χ0n) is 16.4. The SMILES string of the molecule is COc1ccc(-c2cc(C(=O)NCc3ccc4c(c3)OCO4)n(C)n2)c(OC)c1. The quantitative estimate of drug-likeness (QED) is 0.691. The monoisotopic (exact) mass is 395 g/mol. The Morgan fingerprint density at radius 3 is 2.72 bits per heavy atom. The van der Waals surface area contributed by atoms with Gasteiger partial charge in [0.05, 0.1) is 19.9 Å². The number of hydrogen-bond acceptors (Lipinski definition) is 6. The van der Waals surface area contributed by atoms with E-state index in [1.165, 1.54) is 0 Å². The third kappa shape index (κ3) is 3.69. The molecule has 0 unspecified atom stereocenters. The Hall–Kier alpha value is -3.68. The number of benzene rings is 2. The predicted octanol–water partition coefficient (Wildman–Crippen LogP) is 2.76. The fourth-order valence-electron chi connectivity index (χ4n) is 3.15. The first-order chi connectivity index (χ1) is 14.1. The van der Waals surface area contributed by atoms with E-state index in [0.29, 0.717) is 40.9 Å². The van der Waals surface area contributed by atoms with Crippen LogP contribution in [-0.4, -0.2) is 36.7 Å². The van der Waals surface area contributed by atoms with Gasteiger partial charge in [0.15, 0.2) is 11.5 Å². The Morgan fingerprint density at radius 1 is 1.10 bits per heavy atom. The molecule has 3 aromatic rings. The van der Waals surface area contributed by atoms with E-state index in [0.717, 1.165) is 11.1 Å². The fraction of sp³-hybridized carbons (Fsp3) is 0.238. The van der Waals surface area contributed by atoms with Crippen LogP contribution in [0, 0.1) is 0 Å². The van der Waals surface area contributed by atoms with Crippen molar-refractivity contribution >= 4 is 5.91 Å². The Labute approximate surface area is 168 Å². The zero-order valence-corrected chi connectivity index (χ0v) is 16.4. The number of carbonyl (C=O) groups is 1. The molecule has 8 heteroatoms. The van der Waals surface area contributed by atoms with Gasteiger partial charge in [-0.2, -0.15) is 5.10 Å². The second kappa shape index (κ2) is 7.75. The molecule has 0 aliphatic carbocycles. The summed E-state index contributed by atoms with van der Waals surface area (Å²) in [6.07, 6.45) is 0. The van der Waals surface area contributed by atoms with Gasteiger partial charge < -0.3 is 24.3 Å². The van der Waals surface area contributed by atoms with E-state index in [4.69, 9.17) is 18.9 Å². The molecule has 0 spiro atoms. The number of carbonyl (C=O) groups excluding carboxylic acids is 1. The number of nitrogens with zero attached hydrogens (tertiary/aromatic N) is 2. The lowest BCUT2D eigenvalue weighted by atomic mass is 10.1. The summed E-state index contributed by atoms with van der Waals surface area (Å²) in [5.74, 6) is 2.48. The average Bonchev–Trinajstić information content (AvgIpc) is 3.37. The molecule has 1 aliphatic rings. The van der Waals surface area contributed by atoms with Crippen molar-refractivity contribution in [3.63, 3.8) is 0 Å². The Kier molecular flexibility index (Phi) is 4.99. The summed E-state index contributed by atoms with van der Waals surface area (Å²) in [4.78, 5) is 12.7. The molecule has 1 aromatic heterocycles. The summed E-state index contributed by atoms with van der Waals surface area (Å²) >= 11 is 0. The highest BCUT2D eigenvalue weighted by molar-refractivity contribution is 5.93. The first kappa shape index (κ1) is 18.7. The van der Waals surface area contributed by atoms with Gasteiger partial charge in [0.2, 0.25) is 6.79 Å². The van der Waals surface area contributed by atoms with Gasteiger partial charge in [-0.05, 0) is 35.9 Å². The molecule has 29 heavy (non-hydrogen) atoms. The summed E-state index contributed by atoms with van der Waals surface area (Å²) in [5, 5.41) is 7.38. The van der Waals surface area contributed by atoms with Crippen LogP contribution < -0.4 is 24.3 Å². The molecule has 0 atom stereocenters. The van der Waals surface area contributed by atoms with Crippen LogP contribution in [0.2, 0.25) is 0 Å². The predicted molar refractivity (Wildman–Crippen MR) is 105 cm³/mol. The minimum atomic E-state index is -0.226. The Balaban J connectivity index is 1.51. The Bertz CT molecular complexity index is 1060. The van der Waals surface area contributed by atoms with Crippen LogP contribution in [0.5, 0.6) is 23.0 Å². The van der Waals surface area contributed by atoms with Crippen molar-refractivity contribution in [2.24, 2.45) is 7.05 Å². The molecule has 2 heterocycles. The molecule has 0 bridgehead atoms. The number of rotatable bonds is 6. The number of ether oxygens (including phenoxy) is 4. The molecule has 1 N–H and O–H groups in total. The zero-order chi connectivity index (χ0) is 20.4. The van der Waals surface area contributed by atoms with E-state index in [1.54, 1.807) is 38.1 Å². The number of amides is 1. The lowest BCUT2D eigenvalue weighted by Crippen LogP contribution is -2.25. The molecule has 1 amide bonds. The lowest BCUT2D eigenvalue weighted by Gasteiger charge is -2.08. The van der Waals surface area contributed by atoms with Crippen LogP contribution in [0.25, 0.3) is 11.3 Å². The minimum Gasteiger partial charge on any atom is -0.497 e. The van der Waals surface area contributed by atoms with Gasteiger partial charge in [-0.3, -0.25) is 9.48 Å². The van der Waals surface area contributed by atoms with Gasteiger partial charge in [-0.15, -0.1) is 0 Å². The summed E-state index contributed by atoms with van der Waals surface area (Å²) < 4.78 is 22.9. The van der Waals surface area contributed by atoms with Crippen LogP contribution in [0.15, 0.2) is 42.5 Å². The number of hydrogen-bond donors (Lipinski definition) is 1. The molecular weight excluding hydrogens is 374 g/mol. The summed E-state index contributed by atoms with van der Waals surface area (Å²) in [6.45, 7) is 0.583. The highest BCUT2D eigenvalue weighted by atomic mass is 16.7. The normalized spacial score (nSPS) is 12.0. The van der Waals surface area contributed by atoms with Crippen LogP contribution in [0.1, 0.15) is 16.1 Å². The highest BCUT2D eigenvalue weighted by Crippen LogP contribution is 2.33. The molecule has 0 fully saturated rings. The standard InChI is InChI=1S/C21H21N3O5/c1-24-17(10-16(23-24)15-6-5-14(26-2)9-19(15)27-3)21(25)22-11-13-4-7-18-20(8-13)29-12-28-18/h4-10H,11-12H2,1-3H3,(H,22,25). The molecule has 0 radical (unpaired) electrons. The van der Waals surface area contributed by atoms with Gasteiger partial charge in [-0.1, -0.05) is 6.07 Å². The molecule has 1 aliphatic heterocycles. The summed E-state index contributed by atoms with van der Waals surface area (Å²) in [6, 6.07) is 12.8. The van der Waals surface area contributed by atoms with Crippen molar-refractivity contribution in [2.45, 2.75) is 6.54 Å². The van der Waals surface area contributed by atoms with E-state index < -0.39 is 0 Å². The number of methoxy groups -OCH3 is 2. The first-order valence-corrected chi connectivity index (χ1v) is 9.02. The number of aromatic nitrogens is 2. The van der Waals surface area contributed by atoms with Gasteiger partial charge in [0, 0.05) is 25.2 Å². The van der Waals surface area contributed by atoms with Crippen LogP contribution in [0.4, 0.5) is 0 Å². The highest BCUT2D eigenvalue weighted by Gasteiger charge is 2.18. The number of nitrogens with one attached hydrogen (secondary N) is 1. The van der Waals surface area contributed by atoms with Crippen molar-refractivity contribution in [3.8, 4) is 34.3 Å². The second-order valence-electron chi connectivity index (χ2n) is 6.47. The van der Waals surface area contributed by atoms with Crippen molar-refractivity contribution in [3.05, 3.63) is 53.7 Å². The van der Waals surface area contributed by atoms with Crippen LogP contribution >= 0.6 is 0 Å². The second-order valence-corrected chi connectivity index (χ2v) is 6.47.